The molecule has 0 amide bonds. The van der Waals surface area contributed by atoms with Crippen molar-refractivity contribution in [3.8, 4) is 0 Å². The number of rotatable bonds is 8. The average molecular weight is 256 g/mol. The van der Waals surface area contributed by atoms with Crippen LogP contribution in [0.4, 0.5) is 0 Å². The molecule has 4 heteroatoms. The second-order valence-corrected chi connectivity index (χ2v) is 5.46. The minimum Gasteiger partial charge on any atom is -0.379 e. The lowest BCUT2D eigenvalue weighted by molar-refractivity contribution is 0.0166. The third kappa shape index (κ3) is 5.65. The maximum atomic E-state index is 5.63. The van der Waals surface area contributed by atoms with Crippen molar-refractivity contribution >= 4 is 0 Å². The van der Waals surface area contributed by atoms with Crippen LogP contribution in [-0.2, 0) is 9.47 Å². The van der Waals surface area contributed by atoms with E-state index in [1.807, 2.05) is 0 Å². The lowest BCUT2D eigenvalue weighted by atomic mass is 9.98. The van der Waals surface area contributed by atoms with Gasteiger partial charge in [-0.1, -0.05) is 0 Å². The predicted octanol–water partition coefficient (Wildman–Crippen LogP) is 1.16. The van der Waals surface area contributed by atoms with Crippen LogP contribution in [0.5, 0.6) is 0 Å². The zero-order chi connectivity index (χ0) is 12.5. The van der Waals surface area contributed by atoms with Crippen LogP contribution < -0.4 is 10.6 Å². The predicted molar refractivity (Wildman–Crippen MR) is 72.9 cm³/mol. The summed E-state index contributed by atoms with van der Waals surface area (Å²) in [6.07, 6.45) is 6.50. The van der Waals surface area contributed by atoms with E-state index in [0.717, 1.165) is 38.7 Å². The van der Waals surface area contributed by atoms with Crippen molar-refractivity contribution < 1.29 is 9.47 Å². The highest BCUT2D eigenvalue weighted by atomic mass is 16.5. The fourth-order valence-corrected chi connectivity index (χ4v) is 2.68. The Bertz CT molecular complexity index is 202. The summed E-state index contributed by atoms with van der Waals surface area (Å²) in [5, 5.41) is 6.94. The van der Waals surface area contributed by atoms with Crippen LogP contribution >= 0.6 is 0 Å². The minimum atomic E-state index is 0.368. The standard InChI is InChI=1S/C14H28N2O2/c1-3-14(18-10-1)12-17-9-2-6-16-11-13-4-7-15-8-5-13/h13-16H,1-12H2. The van der Waals surface area contributed by atoms with Gasteiger partial charge in [0.2, 0.25) is 0 Å². The third-order valence-electron chi connectivity index (χ3n) is 3.86. The van der Waals surface area contributed by atoms with E-state index in [1.165, 1.54) is 45.3 Å². The lowest BCUT2D eigenvalue weighted by Gasteiger charge is -2.22. The van der Waals surface area contributed by atoms with Gasteiger partial charge >= 0.3 is 0 Å². The number of ether oxygens (including phenoxy) is 2. The number of hydrogen-bond donors (Lipinski definition) is 2. The van der Waals surface area contributed by atoms with Crippen LogP contribution in [0.3, 0.4) is 0 Å². The van der Waals surface area contributed by atoms with Crippen molar-refractivity contribution in [3.05, 3.63) is 0 Å². The Balaban J connectivity index is 1.35. The Labute approximate surface area is 111 Å². The van der Waals surface area contributed by atoms with Crippen molar-refractivity contribution in [1.29, 1.82) is 0 Å². The summed E-state index contributed by atoms with van der Waals surface area (Å²) in [5.74, 6) is 0.874. The zero-order valence-corrected chi connectivity index (χ0v) is 11.5. The second-order valence-electron chi connectivity index (χ2n) is 5.46. The molecule has 1 atom stereocenters. The molecule has 2 N–H and O–H groups in total. The molecule has 2 saturated heterocycles. The third-order valence-corrected chi connectivity index (χ3v) is 3.86. The van der Waals surface area contributed by atoms with Gasteiger partial charge in [0, 0.05) is 13.2 Å². The molecular weight excluding hydrogens is 228 g/mol. The van der Waals surface area contributed by atoms with Gasteiger partial charge in [0.05, 0.1) is 12.7 Å². The van der Waals surface area contributed by atoms with Gasteiger partial charge in [-0.3, -0.25) is 0 Å². The molecule has 2 aliphatic rings. The molecule has 2 rings (SSSR count). The van der Waals surface area contributed by atoms with E-state index in [-0.39, 0.29) is 0 Å². The van der Waals surface area contributed by atoms with Crippen molar-refractivity contribution in [2.45, 2.75) is 38.2 Å². The average Bonchev–Trinajstić information content (AvgIpc) is 2.92. The second kappa shape index (κ2) is 8.86. The highest BCUT2D eigenvalue weighted by Crippen LogP contribution is 2.12. The summed E-state index contributed by atoms with van der Waals surface area (Å²) in [6, 6.07) is 0. The molecular formula is C14H28N2O2. The molecule has 1 unspecified atom stereocenters. The summed E-state index contributed by atoms with van der Waals surface area (Å²) in [4.78, 5) is 0. The summed E-state index contributed by atoms with van der Waals surface area (Å²) >= 11 is 0. The minimum absolute atomic E-state index is 0.368. The molecule has 2 heterocycles. The molecule has 0 spiro atoms. The van der Waals surface area contributed by atoms with Crippen molar-refractivity contribution in [3.63, 3.8) is 0 Å². The zero-order valence-electron chi connectivity index (χ0n) is 11.5. The molecule has 4 nitrogen and oxygen atoms in total. The maximum absolute atomic E-state index is 5.63. The normalized spacial score (nSPS) is 25.7. The first kappa shape index (κ1) is 14.3. The Morgan fingerprint density at radius 3 is 2.89 bits per heavy atom. The maximum Gasteiger partial charge on any atom is 0.0809 e. The van der Waals surface area contributed by atoms with Crippen LogP contribution in [0, 0.1) is 5.92 Å². The molecule has 18 heavy (non-hydrogen) atoms. The highest BCUT2D eigenvalue weighted by Gasteiger charge is 2.15. The fraction of sp³-hybridized carbons (Fsp3) is 1.00. The summed E-state index contributed by atoms with van der Waals surface area (Å²) in [5.41, 5.74) is 0. The quantitative estimate of drug-likeness (QED) is 0.640. The first-order chi connectivity index (χ1) is 8.95. The number of piperidine rings is 1. The van der Waals surface area contributed by atoms with Gasteiger partial charge in [-0.25, -0.2) is 0 Å². The molecule has 106 valence electrons. The van der Waals surface area contributed by atoms with E-state index in [4.69, 9.17) is 9.47 Å². The van der Waals surface area contributed by atoms with Crippen LogP contribution in [0.1, 0.15) is 32.1 Å². The first-order valence-corrected chi connectivity index (χ1v) is 7.56. The van der Waals surface area contributed by atoms with Crippen LogP contribution in [0.15, 0.2) is 0 Å². The van der Waals surface area contributed by atoms with Crippen molar-refractivity contribution in [1.82, 2.24) is 10.6 Å². The Morgan fingerprint density at radius 1 is 1.22 bits per heavy atom. The first-order valence-electron chi connectivity index (χ1n) is 7.56. The molecule has 0 aromatic carbocycles. The van der Waals surface area contributed by atoms with Crippen LogP contribution in [0.2, 0.25) is 0 Å². The van der Waals surface area contributed by atoms with Gasteiger partial charge < -0.3 is 20.1 Å². The molecule has 0 aromatic heterocycles. The van der Waals surface area contributed by atoms with E-state index in [9.17, 15) is 0 Å². The van der Waals surface area contributed by atoms with E-state index < -0.39 is 0 Å². The number of nitrogens with one attached hydrogen (secondary N) is 2. The Kier molecular flexibility index (Phi) is 7.01. The van der Waals surface area contributed by atoms with E-state index in [1.54, 1.807) is 0 Å². The van der Waals surface area contributed by atoms with Gasteiger partial charge in [0.25, 0.3) is 0 Å². The summed E-state index contributed by atoms with van der Waals surface area (Å²) in [7, 11) is 0. The van der Waals surface area contributed by atoms with E-state index in [2.05, 4.69) is 10.6 Å². The van der Waals surface area contributed by atoms with Crippen molar-refractivity contribution in [2.75, 3.05) is 46.0 Å². The molecule has 2 fully saturated rings. The molecule has 0 saturated carbocycles. The van der Waals surface area contributed by atoms with E-state index in [0.29, 0.717) is 6.10 Å². The molecule has 0 radical (unpaired) electrons. The Morgan fingerprint density at radius 2 is 2.11 bits per heavy atom. The van der Waals surface area contributed by atoms with Gasteiger partial charge in [-0.05, 0) is 64.2 Å². The summed E-state index contributed by atoms with van der Waals surface area (Å²) < 4.78 is 11.1. The summed E-state index contributed by atoms with van der Waals surface area (Å²) in [6.45, 7) is 7.20. The smallest absolute Gasteiger partial charge is 0.0809 e. The SMILES string of the molecule is C(CNCC1CCNCC1)COCC1CCCO1. The largest absolute Gasteiger partial charge is 0.379 e. The molecule has 2 aliphatic heterocycles. The Hall–Kier alpha value is -0.160. The molecule has 0 aliphatic carbocycles. The molecule has 0 aromatic rings. The van der Waals surface area contributed by atoms with Gasteiger partial charge in [0.1, 0.15) is 0 Å². The lowest BCUT2D eigenvalue weighted by Crippen LogP contribution is -2.34. The van der Waals surface area contributed by atoms with Crippen LogP contribution in [0.25, 0.3) is 0 Å². The highest BCUT2D eigenvalue weighted by molar-refractivity contribution is 4.70. The topological polar surface area (TPSA) is 42.5 Å². The molecule has 0 bridgehead atoms. The monoisotopic (exact) mass is 256 g/mol. The van der Waals surface area contributed by atoms with Gasteiger partial charge in [-0.15, -0.1) is 0 Å². The fourth-order valence-electron chi connectivity index (χ4n) is 2.68. The number of hydrogen-bond acceptors (Lipinski definition) is 4. The van der Waals surface area contributed by atoms with Gasteiger partial charge in [-0.2, -0.15) is 0 Å². The van der Waals surface area contributed by atoms with Crippen LogP contribution in [-0.4, -0.2) is 52.1 Å². The van der Waals surface area contributed by atoms with Crippen molar-refractivity contribution in [2.24, 2.45) is 5.92 Å². The van der Waals surface area contributed by atoms with E-state index >= 15 is 0 Å². The van der Waals surface area contributed by atoms with Gasteiger partial charge in [0.15, 0.2) is 0 Å².